The van der Waals surface area contributed by atoms with Crippen molar-refractivity contribution in [2.75, 3.05) is 25.5 Å². The number of amides is 2. The van der Waals surface area contributed by atoms with E-state index in [1.807, 2.05) is 0 Å². The third-order valence-corrected chi connectivity index (χ3v) is 4.17. The molecule has 1 heterocycles. The number of carbonyl (C=O) groups is 2. The molecule has 0 unspecified atom stereocenters. The highest BCUT2D eigenvalue weighted by molar-refractivity contribution is 6.35. The molecule has 2 amide bonds. The molecule has 1 atom stereocenters. The number of hydrogen-bond donors (Lipinski definition) is 1. The van der Waals surface area contributed by atoms with Crippen molar-refractivity contribution in [3.8, 4) is 0 Å². The molecule has 0 aromatic heterocycles. The maximum atomic E-state index is 12.2. The highest BCUT2D eigenvalue weighted by Crippen LogP contribution is 2.32. The molecule has 5 nitrogen and oxygen atoms in total. The number of likely N-dealkylation sites (tertiary alicyclic amines) is 1. The van der Waals surface area contributed by atoms with Crippen LogP contribution in [0, 0.1) is 5.41 Å². The fourth-order valence-corrected chi connectivity index (χ4v) is 2.67. The maximum absolute atomic E-state index is 12.2. The molecule has 0 aliphatic carbocycles. The van der Waals surface area contributed by atoms with E-state index < -0.39 is 5.41 Å². The number of urea groups is 1. The van der Waals surface area contributed by atoms with Crippen LogP contribution in [0.4, 0.5) is 10.5 Å². The Labute approximate surface area is 133 Å². The predicted molar refractivity (Wildman–Crippen MR) is 81.8 cm³/mol. The number of rotatable bonds is 2. The SMILES string of the molecule is COC(=O)[C@@]1(C)CCN(C(=O)Nc2cc(Cl)ccc2Cl)C1. The number of nitrogens with zero attached hydrogens (tertiary/aromatic N) is 1. The Balaban J connectivity index is 2.05. The molecular formula is C14H16Cl2N2O3. The topological polar surface area (TPSA) is 58.6 Å². The Kier molecular flexibility index (Phi) is 4.64. The number of ether oxygens (including phenoxy) is 1. The first-order valence-electron chi connectivity index (χ1n) is 6.45. The normalized spacial score (nSPS) is 21.2. The van der Waals surface area contributed by atoms with Crippen LogP contribution in [0.1, 0.15) is 13.3 Å². The van der Waals surface area contributed by atoms with Crippen molar-refractivity contribution in [3.05, 3.63) is 28.2 Å². The largest absolute Gasteiger partial charge is 0.469 e. The quantitative estimate of drug-likeness (QED) is 0.845. The van der Waals surface area contributed by atoms with Gasteiger partial charge in [0, 0.05) is 18.1 Å². The van der Waals surface area contributed by atoms with Crippen LogP contribution in [0.25, 0.3) is 0 Å². The molecule has 1 aliphatic rings. The van der Waals surface area contributed by atoms with Gasteiger partial charge in [-0.2, -0.15) is 0 Å². The average molecular weight is 331 g/mol. The summed E-state index contributed by atoms with van der Waals surface area (Å²) in [4.78, 5) is 25.5. The zero-order chi connectivity index (χ0) is 15.6. The lowest BCUT2D eigenvalue weighted by molar-refractivity contribution is -0.150. The van der Waals surface area contributed by atoms with E-state index in [0.29, 0.717) is 35.2 Å². The molecular weight excluding hydrogens is 315 g/mol. The summed E-state index contributed by atoms with van der Waals surface area (Å²) in [5, 5.41) is 3.59. The Bertz CT molecular complexity index is 579. The summed E-state index contributed by atoms with van der Waals surface area (Å²) in [6.45, 7) is 2.58. The van der Waals surface area contributed by atoms with Crippen LogP contribution in [0.15, 0.2) is 18.2 Å². The second-order valence-corrected chi connectivity index (χ2v) is 6.12. The minimum absolute atomic E-state index is 0.307. The predicted octanol–water partition coefficient (Wildman–Crippen LogP) is 3.41. The smallest absolute Gasteiger partial charge is 0.321 e. The first-order chi connectivity index (χ1) is 9.85. The minimum Gasteiger partial charge on any atom is -0.469 e. The Morgan fingerprint density at radius 3 is 2.76 bits per heavy atom. The number of hydrogen-bond acceptors (Lipinski definition) is 3. The molecule has 21 heavy (non-hydrogen) atoms. The van der Waals surface area contributed by atoms with Gasteiger partial charge in [-0.15, -0.1) is 0 Å². The average Bonchev–Trinajstić information content (AvgIpc) is 2.86. The summed E-state index contributed by atoms with van der Waals surface area (Å²) in [5.74, 6) is -0.307. The summed E-state index contributed by atoms with van der Waals surface area (Å²) in [5.41, 5.74) is -0.217. The van der Waals surface area contributed by atoms with Gasteiger partial charge in [-0.25, -0.2) is 4.79 Å². The van der Waals surface area contributed by atoms with E-state index in [2.05, 4.69) is 5.32 Å². The van der Waals surface area contributed by atoms with Gasteiger partial charge in [-0.1, -0.05) is 23.2 Å². The van der Waals surface area contributed by atoms with Gasteiger partial charge in [0.15, 0.2) is 0 Å². The van der Waals surface area contributed by atoms with E-state index in [-0.39, 0.29) is 12.0 Å². The molecule has 1 N–H and O–H groups in total. The van der Waals surface area contributed by atoms with E-state index in [9.17, 15) is 9.59 Å². The molecule has 0 saturated carbocycles. The first-order valence-corrected chi connectivity index (χ1v) is 7.21. The summed E-state index contributed by atoms with van der Waals surface area (Å²) in [7, 11) is 1.35. The van der Waals surface area contributed by atoms with Crippen LogP contribution in [0.3, 0.4) is 0 Å². The number of carbonyl (C=O) groups excluding carboxylic acids is 2. The van der Waals surface area contributed by atoms with Gasteiger partial charge < -0.3 is 15.0 Å². The molecule has 2 rings (SSSR count). The second kappa shape index (κ2) is 6.12. The molecule has 0 bridgehead atoms. The van der Waals surface area contributed by atoms with Gasteiger partial charge in [0.25, 0.3) is 0 Å². The zero-order valence-corrected chi connectivity index (χ0v) is 13.3. The molecule has 114 valence electrons. The standard InChI is InChI=1S/C14H16Cl2N2O3/c1-14(12(19)21-2)5-6-18(8-14)13(20)17-11-7-9(15)3-4-10(11)16/h3-4,7H,5-6,8H2,1-2H3,(H,17,20)/t14-/m0/s1. The molecule has 1 aromatic carbocycles. The number of nitrogens with one attached hydrogen (secondary N) is 1. The lowest BCUT2D eigenvalue weighted by Crippen LogP contribution is -2.37. The van der Waals surface area contributed by atoms with Crippen LogP contribution in [-0.4, -0.2) is 37.1 Å². The van der Waals surface area contributed by atoms with Crippen molar-refractivity contribution in [1.29, 1.82) is 0 Å². The number of halogens is 2. The van der Waals surface area contributed by atoms with Crippen molar-refractivity contribution >= 4 is 40.9 Å². The van der Waals surface area contributed by atoms with Crippen LogP contribution in [0.2, 0.25) is 10.0 Å². The monoisotopic (exact) mass is 330 g/mol. The van der Waals surface area contributed by atoms with E-state index in [4.69, 9.17) is 27.9 Å². The maximum Gasteiger partial charge on any atom is 0.321 e. The van der Waals surface area contributed by atoms with E-state index >= 15 is 0 Å². The third kappa shape index (κ3) is 3.41. The number of benzene rings is 1. The number of esters is 1. The minimum atomic E-state index is -0.662. The van der Waals surface area contributed by atoms with E-state index in [1.54, 1.807) is 30.0 Å². The molecule has 1 aromatic rings. The van der Waals surface area contributed by atoms with Gasteiger partial charge in [-0.3, -0.25) is 4.79 Å². The molecule has 1 aliphatic heterocycles. The van der Waals surface area contributed by atoms with Crippen LogP contribution in [0.5, 0.6) is 0 Å². The van der Waals surface area contributed by atoms with Crippen molar-refractivity contribution in [1.82, 2.24) is 4.90 Å². The van der Waals surface area contributed by atoms with Crippen LogP contribution >= 0.6 is 23.2 Å². The van der Waals surface area contributed by atoms with Crippen molar-refractivity contribution in [3.63, 3.8) is 0 Å². The number of methoxy groups -OCH3 is 1. The Hall–Kier alpha value is -1.46. The summed E-state index contributed by atoms with van der Waals surface area (Å²) in [6.07, 6.45) is 0.566. The van der Waals surface area contributed by atoms with Crippen molar-refractivity contribution in [2.45, 2.75) is 13.3 Å². The lowest BCUT2D eigenvalue weighted by atomic mass is 9.90. The van der Waals surface area contributed by atoms with Gasteiger partial charge in [0.1, 0.15) is 0 Å². The van der Waals surface area contributed by atoms with Crippen LogP contribution < -0.4 is 5.32 Å². The van der Waals surface area contributed by atoms with Gasteiger partial charge in [0.2, 0.25) is 0 Å². The molecule has 7 heteroatoms. The fraction of sp³-hybridized carbons (Fsp3) is 0.429. The highest BCUT2D eigenvalue weighted by atomic mass is 35.5. The number of anilines is 1. The highest BCUT2D eigenvalue weighted by Gasteiger charge is 2.43. The van der Waals surface area contributed by atoms with E-state index in [1.165, 1.54) is 7.11 Å². The van der Waals surface area contributed by atoms with Gasteiger partial charge >= 0.3 is 12.0 Å². The zero-order valence-electron chi connectivity index (χ0n) is 11.8. The Morgan fingerprint density at radius 1 is 1.38 bits per heavy atom. The van der Waals surface area contributed by atoms with Gasteiger partial charge in [-0.05, 0) is 31.5 Å². The summed E-state index contributed by atoms with van der Waals surface area (Å²) < 4.78 is 4.78. The third-order valence-electron chi connectivity index (χ3n) is 3.61. The summed E-state index contributed by atoms with van der Waals surface area (Å²) >= 11 is 11.9. The van der Waals surface area contributed by atoms with Crippen molar-refractivity contribution < 1.29 is 14.3 Å². The fourth-order valence-electron chi connectivity index (χ4n) is 2.33. The van der Waals surface area contributed by atoms with E-state index in [0.717, 1.165) is 0 Å². The Morgan fingerprint density at radius 2 is 2.10 bits per heavy atom. The summed E-state index contributed by atoms with van der Waals surface area (Å²) in [6, 6.07) is 4.52. The second-order valence-electron chi connectivity index (χ2n) is 5.28. The van der Waals surface area contributed by atoms with Crippen LogP contribution in [-0.2, 0) is 9.53 Å². The molecule has 1 saturated heterocycles. The molecule has 0 spiro atoms. The lowest BCUT2D eigenvalue weighted by Gasteiger charge is -2.22. The molecule has 1 fully saturated rings. The first kappa shape index (κ1) is 15.9. The van der Waals surface area contributed by atoms with Crippen molar-refractivity contribution in [2.24, 2.45) is 5.41 Å². The van der Waals surface area contributed by atoms with Gasteiger partial charge in [0.05, 0.1) is 23.2 Å². The molecule has 0 radical (unpaired) electrons.